The molecule has 256 valence electrons. The van der Waals surface area contributed by atoms with Gasteiger partial charge in [0.05, 0.1) is 41.7 Å². The Bertz CT molecular complexity index is 1560. The van der Waals surface area contributed by atoms with Crippen LogP contribution >= 0.6 is 0 Å². The molecule has 47 heavy (non-hydrogen) atoms. The number of ether oxygens (including phenoxy) is 3. The molecular formula is C34H46N4O8S. The Labute approximate surface area is 276 Å². The Morgan fingerprint density at radius 2 is 1.91 bits per heavy atom. The van der Waals surface area contributed by atoms with Crippen LogP contribution in [0.1, 0.15) is 58.1 Å². The standard InChI is InChI=1S/C34H46N4O8S/c1-21(2)18-38(47(42,43)23-11-12-27-25(16-23)26(31(40)36-27)17-35-34(3,4)5)19-29(39)28(15-22-9-7-6-8-10-22)37-33(41)46-30-20-45-32-24(30)13-14-44-32/h6-12,16-17,21,24,26,28-30,32,39H,13-15,18-20H2,1-5H3,(H,36,40)(H,37,41). The summed E-state index contributed by atoms with van der Waals surface area (Å²) in [6.45, 7) is 10.1. The summed E-state index contributed by atoms with van der Waals surface area (Å²) in [7, 11) is -4.15. The van der Waals surface area contributed by atoms with Gasteiger partial charge >= 0.3 is 6.09 Å². The van der Waals surface area contributed by atoms with E-state index in [1.807, 2.05) is 65.0 Å². The topological polar surface area (TPSA) is 156 Å². The number of hydrogen-bond donors (Lipinski definition) is 3. The highest BCUT2D eigenvalue weighted by Gasteiger charge is 2.44. The number of rotatable bonds is 12. The molecule has 3 aliphatic heterocycles. The maximum absolute atomic E-state index is 14.2. The molecule has 2 amide bonds. The van der Waals surface area contributed by atoms with E-state index in [0.29, 0.717) is 17.9 Å². The molecule has 0 aromatic heterocycles. The van der Waals surface area contributed by atoms with Crippen molar-refractivity contribution in [3.63, 3.8) is 0 Å². The molecule has 12 nitrogen and oxygen atoms in total. The highest BCUT2D eigenvalue weighted by atomic mass is 32.2. The number of sulfonamides is 1. The van der Waals surface area contributed by atoms with Crippen LogP contribution < -0.4 is 10.6 Å². The molecule has 2 aromatic carbocycles. The first-order chi connectivity index (χ1) is 22.2. The minimum atomic E-state index is -4.15. The number of aliphatic imine (C=N–C) groups is 1. The monoisotopic (exact) mass is 670 g/mol. The molecule has 6 unspecified atom stereocenters. The lowest BCUT2D eigenvalue weighted by atomic mass is 10.0. The number of anilines is 1. The zero-order valence-corrected chi connectivity index (χ0v) is 28.4. The quantitative estimate of drug-likeness (QED) is 0.289. The van der Waals surface area contributed by atoms with Crippen LogP contribution in [-0.2, 0) is 35.4 Å². The van der Waals surface area contributed by atoms with Crippen LogP contribution in [0.4, 0.5) is 10.5 Å². The first kappa shape index (κ1) is 35.0. The van der Waals surface area contributed by atoms with Crippen molar-refractivity contribution in [3.05, 3.63) is 59.7 Å². The van der Waals surface area contributed by atoms with Gasteiger partial charge in [0.2, 0.25) is 15.9 Å². The van der Waals surface area contributed by atoms with Crippen molar-refractivity contribution >= 4 is 33.9 Å². The lowest BCUT2D eigenvalue weighted by Gasteiger charge is -2.31. The van der Waals surface area contributed by atoms with Gasteiger partial charge in [0.15, 0.2) is 6.29 Å². The Morgan fingerprint density at radius 1 is 1.17 bits per heavy atom. The van der Waals surface area contributed by atoms with Crippen molar-refractivity contribution in [1.29, 1.82) is 0 Å². The fourth-order valence-electron chi connectivity index (χ4n) is 6.05. The number of amides is 2. The van der Waals surface area contributed by atoms with E-state index in [9.17, 15) is 23.1 Å². The van der Waals surface area contributed by atoms with Gasteiger partial charge in [-0.2, -0.15) is 4.31 Å². The maximum Gasteiger partial charge on any atom is 0.407 e. The van der Waals surface area contributed by atoms with Crippen LogP contribution in [0.25, 0.3) is 0 Å². The lowest BCUT2D eigenvalue weighted by Crippen LogP contribution is -2.51. The van der Waals surface area contributed by atoms with Crippen molar-refractivity contribution in [3.8, 4) is 0 Å². The number of carbonyl (C=O) groups is 2. The van der Waals surface area contributed by atoms with Crippen LogP contribution in [0.3, 0.4) is 0 Å². The zero-order valence-electron chi connectivity index (χ0n) is 27.6. The summed E-state index contributed by atoms with van der Waals surface area (Å²) in [6.07, 6.45) is -0.353. The largest absolute Gasteiger partial charge is 0.443 e. The second-order valence-corrected chi connectivity index (χ2v) is 15.8. The Hall–Kier alpha value is -3.36. The van der Waals surface area contributed by atoms with Crippen LogP contribution in [0.2, 0.25) is 0 Å². The number of nitrogens with zero attached hydrogens (tertiary/aromatic N) is 2. The van der Waals surface area contributed by atoms with E-state index in [2.05, 4.69) is 15.6 Å². The third-order valence-corrected chi connectivity index (χ3v) is 10.2. The molecule has 3 heterocycles. The van der Waals surface area contributed by atoms with Crippen LogP contribution in [0.15, 0.2) is 58.4 Å². The third kappa shape index (κ3) is 8.57. The van der Waals surface area contributed by atoms with Gasteiger partial charge in [0.25, 0.3) is 0 Å². The summed E-state index contributed by atoms with van der Waals surface area (Å²) in [6, 6.07) is 13.0. The summed E-state index contributed by atoms with van der Waals surface area (Å²) >= 11 is 0. The van der Waals surface area contributed by atoms with Crippen molar-refractivity contribution in [2.24, 2.45) is 16.8 Å². The molecule has 3 N–H and O–H groups in total. The normalized spacial score (nSPS) is 24.0. The molecule has 13 heteroatoms. The van der Waals surface area contributed by atoms with E-state index in [0.717, 1.165) is 12.0 Å². The van der Waals surface area contributed by atoms with Gasteiger partial charge in [-0.05, 0) is 68.9 Å². The van der Waals surface area contributed by atoms with Gasteiger partial charge in [0.1, 0.15) is 12.0 Å². The van der Waals surface area contributed by atoms with E-state index in [1.165, 1.54) is 16.4 Å². The van der Waals surface area contributed by atoms with Crippen molar-refractivity contribution in [1.82, 2.24) is 9.62 Å². The highest BCUT2D eigenvalue weighted by Crippen LogP contribution is 2.35. The van der Waals surface area contributed by atoms with Gasteiger partial charge in [-0.1, -0.05) is 44.2 Å². The number of hydrogen-bond acceptors (Lipinski definition) is 9. The molecule has 3 aliphatic rings. The number of fused-ring (bicyclic) bond motifs is 2. The summed E-state index contributed by atoms with van der Waals surface area (Å²) < 4.78 is 46.4. The van der Waals surface area contributed by atoms with E-state index < -0.39 is 45.8 Å². The highest BCUT2D eigenvalue weighted by molar-refractivity contribution is 7.89. The van der Waals surface area contributed by atoms with E-state index >= 15 is 0 Å². The SMILES string of the molecule is CC(C)CN(CC(O)C(Cc1ccccc1)NC(=O)OC1COC2OCCC12)S(=O)(=O)c1ccc2c(c1)C(C=NC(C)(C)C)C(=O)N2. The predicted octanol–water partition coefficient (Wildman–Crippen LogP) is 3.70. The Balaban J connectivity index is 1.37. The Kier molecular flexibility index (Phi) is 10.7. The second-order valence-electron chi connectivity index (χ2n) is 13.9. The van der Waals surface area contributed by atoms with Crippen LogP contribution in [0.5, 0.6) is 0 Å². The number of aliphatic hydroxyl groups excluding tert-OH is 1. The average molecular weight is 671 g/mol. The molecule has 0 spiro atoms. The minimum absolute atomic E-state index is 0.00342. The van der Waals surface area contributed by atoms with E-state index in [4.69, 9.17) is 14.2 Å². The van der Waals surface area contributed by atoms with Crippen LogP contribution in [-0.4, -0.2) is 92.4 Å². The number of nitrogens with one attached hydrogen (secondary N) is 2. The molecule has 2 saturated heterocycles. The summed E-state index contributed by atoms with van der Waals surface area (Å²) in [5, 5.41) is 17.2. The fourth-order valence-corrected chi connectivity index (χ4v) is 7.71. The first-order valence-electron chi connectivity index (χ1n) is 16.1. The number of aliphatic hydroxyl groups is 1. The van der Waals surface area contributed by atoms with Crippen LogP contribution in [0, 0.1) is 11.8 Å². The second kappa shape index (κ2) is 14.4. The maximum atomic E-state index is 14.2. The molecule has 5 rings (SSSR count). The zero-order chi connectivity index (χ0) is 33.9. The van der Waals surface area contributed by atoms with Gasteiger partial charge in [-0.25, -0.2) is 13.2 Å². The molecular weight excluding hydrogens is 624 g/mol. The molecule has 0 bridgehead atoms. The predicted molar refractivity (Wildman–Crippen MR) is 177 cm³/mol. The van der Waals surface area contributed by atoms with Gasteiger partial charge in [-0.15, -0.1) is 0 Å². The number of alkyl carbamates (subject to hydrolysis) is 1. The first-order valence-corrected chi connectivity index (χ1v) is 17.6. The summed E-state index contributed by atoms with van der Waals surface area (Å²) in [5.41, 5.74) is 1.49. The van der Waals surface area contributed by atoms with E-state index in [-0.39, 0.29) is 55.0 Å². The number of benzene rings is 2. The van der Waals surface area contributed by atoms with Crippen molar-refractivity contribution in [2.45, 2.75) is 88.4 Å². The molecule has 6 atom stereocenters. The fraction of sp³-hybridized carbons (Fsp3) is 0.559. The van der Waals surface area contributed by atoms with Crippen molar-refractivity contribution in [2.75, 3.05) is 31.6 Å². The molecule has 2 aromatic rings. The van der Waals surface area contributed by atoms with Gasteiger partial charge < -0.3 is 30.0 Å². The summed E-state index contributed by atoms with van der Waals surface area (Å²) in [5.74, 6) is -1.14. The molecule has 0 aliphatic carbocycles. The molecule has 0 radical (unpaired) electrons. The smallest absolute Gasteiger partial charge is 0.407 e. The van der Waals surface area contributed by atoms with Gasteiger partial charge in [0, 0.05) is 25.0 Å². The lowest BCUT2D eigenvalue weighted by molar-refractivity contribution is -0.115. The van der Waals surface area contributed by atoms with Crippen molar-refractivity contribution < 1.29 is 37.3 Å². The van der Waals surface area contributed by atoms with Gasteiger partial charge in [-0.3, -0.25) is 9.79 Å². The van der Waals surface area contributed by atoms with E-state index in [1.54, 1.807) is 12.3 Å². The molecule has 0 saturated carbocycles. The number of carbonyl (C=O) groups excluding carboxylic acids is 2. The average Bonchev–Trinajstić information content (AvgIpc) is 3.70. The Morgan fingerprint density at radius 3 is 2.62 bits per heavy atom. The summed E-state index contributed by atoms with van der Waals surface area (Å²) in [4.78, 5) is 30.4. The third-order valence-electron chi connectivity index (χ3n) is 8.42. The molecule has 2 fully saturated rings. The minimum Gasteiger partial charge on any atom is -0.443 e.